The zero-order valence-electron chi connectivity index (χ0n) is 15.4. The van der Waals surface area contributed by atoms with Gasteiger partial charge in [-0.15, -0.1) is 0 Å². The number of alkyl carbamates (subject to hydrolysis) is 1. The molecule has 3 aliphatic carbocycles. The lowest BCUT2D eigenvalue weighted by molar-refractivity contribution is -0.0950. The Balaban J connectivity index is 1.23. The largest absolute Gasteiger partial charge is 0.449 e. The number of carbonyl (C=O) groups excluding carboxylic acids is 1. The van der Waals surface area contributed by atoms with Crippen molar-refractivity contribution in [2.45, 2.75) is 43.6 Å². The first kappa shape index (κ1) is 16.8. The van der Waals surface area contributed by atoms with Gasteiger partial charge in [-0.25, -0.2) is 4.79 Å². The number of amides is 1. The predicted octanol–water partition coefficient (Wildman–Crippen LogP) is 4.22. The summed E-state index contributed by atoms with van der Waals surface area (Å²) < 4.78 is 5.60. The fraction of sp³-hybridized carbons (Fsp3) is 0.435. The van der Waals surface area contributed by atoms with Gasteiger partial charge in [-0.05, 0) is 54.4 Å². The van der Waals surface area contributed by atoms with Gasteiger partial charge in [0.1, 0.15) is 6.61 Å². The van der Waals surface area contributed by atoms with Gasteiger partial charge in [0.15, 0.2) is 0 Å². The van der Waals surface area contributed by atoms with Crippen LogP contribution in [0.4, 0.5) is 4.79 Å². The smallest absolute Gasteiger partial charge is 0.407 e. The topological polar surface area (TPSA) is 58.6 Å². The second kappa shape index (κ2) is 6.10. The van der Waals surface area contributed by atoms with Gasteiger partial charge in [0.2, 0.25) is 0 Å². The van der Waals surface area contributed by atoms with Crippen LogP contribution < -0.4 is 5.32 Å². The van der Waals surface area contributed by atoms with E-state index in [1.807, 2.05) is 24.3 Å². The molecule has 2 fully saturated rings. The number of carbonyl (C=O) groups is 1. The molecule has 2 aromatic rings. The standard InChI is InChI=1S/C23H25NO3/c25-21(24-15-22(12-13-22)23(26)10-5-11-23)27-14-20-18-8-3-1-6-16(18)17-7-2-4-9-19(17)20/h1-4,6-9,20,26H,5,10-15H2,(H,24,25). The monoisotopic (exact) mass is 363 g/mol. The Hall–Kier alpha value is -2.33. The molecule has 0 aromatic heterocycles. The zero-order chi connectivity index (χ0) is 18.5. The van der Waals surface area contributed by atoms with E-state index in [2.05, 4.69) is 29.6 Å². The molecule has 4 nitrogen and oxygen atoms in total. The highest BCUT2D eigenvalue weighted by atomic mass is 16.5. The van der Waals surface area contributed by atoms with Crippen molar-refractivity contribution in [2.75, 3.05) is 13.2 Å². The molecule has 2 N–H and O–H groups in total. The summed E-state index contributed by atoms with van der Waals surface area (Å²) in [6, 6.07) is 16.7. The van der Waals surface area contributed by atoms with E-state index in [0.29, 0.717) is 13.2 Å². The number of ether oxygens (including phenoxy) is 1. The maximum atomic E-state index is 12.3. The molecule has 0 spiro atoms. The lowest BCUT2D eigenvalue weighted by atomic mass is 9.69. The molecule has 1 amide bonds. The number of nitrogens with one attached hydrogen (secondary N) is 1. The normalized spacial score (nSPS) is 20.9. The first-order valence-corrected chi connectivity index (χ1v) is 9.93. The molecular weight excluding hydrogens is 338 g/mol. The summed E-state index contributed by atoms with van der Waals surface area (Å²) in [6.45, 7) is 0.845. The van der Waals surface area contributed by atoms with Crippen molar-refractivity contribution in [3.63, 3.8) is 0 Å². The summed E-state index contributed by atoms with van der Waals surface area (Å²) in [5, 5.41) is 13.6. The number of hydrogen-bond acceptors (Lipinski definition) is 3. The molecule has 140 valence electrons. The second-order valence-corrected chi connectivity index (χ2v) is 8.34. The van der Waals surface area contributed by atoms with Crippen LogP contribution in [0, 0.1) is 5.41 Å². The molecule has 4 heteroatoms. The van der Waals surface area contributed by atoms with Crippen LogP contribution in [-0.2, 0) is 4.74 Å². The van der Waals surface area contributed by atoms with Gasteiger partial charge < -0.3 is 15.2 Å². The van der Waals surface area contributed by atoms with Crippen LogP contribution in [0.15, 0.2) is 48.5 Å². The fourth-order valence-corrected chi connectivity index (χ4v) is 4.89. The Kier molecular flexibility index (Phi) is 3.80. The van der Waals surface area contributed by atoms with Crippen molar-refractivity contribution in [1.29, 1.82) is 0 Å². The Labute approximate surface area is 159 Å². The van der Waals surface area contributed by atoms with Crippen molar-refractivity contribution in [3.8, 4) is 11.1 Å². The molecule has 0 atom stereocenters. The van der Waals surface area contributed by atoms with Crippen LogP contribution in [0.3, 0.4) is 0 Å². The molecule has 0 saturated heterocycles. The van der Waals surface area contributed by atoms with Crippen molar-refractivity contribution < 1.29 is 14.6 Å². The van der Waals surface area contributed by atoms with Gasteiger partial charge >= 0.3 is 6.09 Å². The summed E-state index contributed by atoms with van der Waals surface area (Å²) in [7, 11) is 0. The van der Waals surface area contributed by atoms with E-state index in [-0.39, 0.29) is 17.4 Å². The summed E-state index contributed by atoms with van der Waals surface area (Å²) in [5.74, 6) is 0.0776. The molecule has 2 aromatic carbocycles. The molecule has 0 heterocycles. The minimum absolute atomic E-state index is 0.0776. The molecule has 2 saturated carbocycles. The van der Waals surface area contributed by atoms with E-state index in [1.54, 1.807) is 0 Å². The van der Waals surface area contributed by atoms with E-state index in [0.717, 1.165) is 32.1 Å². The molecule has 27 heavy (non-hydrogen) atoms. The summed E-state index contributed by atoms with van der Waals surface area (Å²) in [6.07, 6.45) is 4.41. The van der Waals surface area contributed by atoms with Gasteiger partial charge in [0, 0.05) is 17.9 Å². The number of fused-ring (bicyclic) bond motifs is 3. The molecule has 3 aliphatic rings. The lowest BCUT2D eigenvalue weighted by Gasteiger charge is -2.44. The SMILES string of the molecule is O=C(NCC1(C2(O)CCC2)CC1)OCC1c2ccccc2-c2ccccc21. The third-order valence-corrected chi connectivity index (χ3v) is 6.94. The Morgan fingerprint density at radius 1 is 1.00 bits per heavy atom. The minimum atomic E-state index is -0.566. The fourth-order valence-electron chi connectivity index (χ4n) is 4.89. The highest BCUT2D eigenvalue weighted by Gasteiger charge is 2.60. The Morgan fingerprint density at radius 2 is 1.59 bits per heavy atom. The average molecular weight is 363 g/mol. The molecule has 0 aliphatic heterocycles. The molecule has 0 radical (unpaired) electrons. The van der Waals surface area contributed by atoms with Gasteiger partial charge in [-0.3, -0.25) is 0 Å². The lowest BCUT2D eigenvalue weighted by Crippen LogP contribution is -2.51. The van der Waals surface area contributed by atoms with Crippen molar-refractivity contribution in [2.24, 2.45) is 5.41 Å². The highest BCUT2D eigenvalue weighted by molar-refractivity contribution is 5.79. The van der Waals surface area contributed by atoms with Crippen LogP contribution in [0.5, 0.6) is 0 Å². The first-order chi connectivity index (χ1) is 13.1. The van der Waals surface area contributed by atoms with E-state index in [4.69, 9.17) is 4.74 Å². The van der Waals surface area contributed by atoms with Gasteiger partial charge in [-0.2, -0.15) is 0 Å². The van der Waals surface area contributed by atoms with Crippen LogP contribution in [0.25, 0.3) is 11.1 Å². The first-order valence-electron chi connectivity index (χ1n) is 9.93. The summed E-state index contributed by atoms with van der Waals surface area (Å²) >= 11 is 0. The van der Waals surface area contributed by atoms with Crippen LogP contribution >= 0.6 is 0 Å². The maximum absolute atomic E-state index is 12.3. The summed E-state index contributed by atoms with van der Waals surface area (Å²) in [4.78, 5) is 12.3. The minimum Gasteiger partial charge on any atom is -0.449 e. The van der Waals surface area contributed by atoms with Crippen LogP contribution in [0.2, 0.25) is 0 Å². The zero-order valence-corrected chi connectivity index (χ0v) is 15.4. The van der Waals surface area contributed by atoms with Gasteiger partial charge in [-0.1, -0.05) is 48.5 Å². The van der Waals surface area contributed by atoms with Crippen molar-refractivity contribution in [3.05, 3.63) is 59.7 Å². The Morgan fingerprint density at radius 3 is 2.11 bits per heavy atom. The van der Waals surface area contributed by atoms with E-state index in [1.165, 1.54) is 22.3 Å². The third kappa shape index (κ3) is 2.66. The Bertz CT molecular complexity index is 837. The molecule has 0 unspecified atom stereocenters. The van der Waals surface area contributed by atoms with Crippen molar-refractivity contribution >= 4 is 6.09 Å². The molecular formula is C23H25NO3. The van der Waals surface area contributed by atoms with E-state index < -0.39 is 5.60 Å². The summed E-state index contributed by atoms with van der Waals surface area (Å²) in [5.41, 5.74) is 4.21. The second-order valence-electron chi connectivity index (χ2n) is 8.34. The van der Waals surface area contributed by atoms with E-state index >= 15 is 0 Å². The maximum Gasteiger partial charge on any atom is 0.407 e. The van der Waals surface area contributed by atoms with Gasteiger partial charge in [0.05, 0.1) is 5.60 Å². The predicted molar refractivity (Wildman–Crippen MR) is 104 cm³/mol. The number of benzene rings is 2. The highest BCUT2D eigenvalue weighted by Crippen LogP contribution is 2.60. The number of aliphatic hydroxyl groups is 1. The van der Waals surface area contributed by atoms with Gasteiger partial charge in [0.25, 0.3) is 0 Å². The number of rotatable bonds is 5. The quantitative estimate of drug-likeness (QED) is 0.836. The third-order valence-electron chi connectivity index (χ3n) is 6.94. The number of hydrogen-bond donors (Lipinski definition) is 2. The van der Waals surface area contributed by atoms with Crippen LogP contribution in [0.1, 0.15) is 49.1 Å². The average Bonchev–Trinajstić information content (AvgIpc) is 3.40. The van der Waals surface area contributed by atoms with E-state index in [9.17, 15) is 9.90 Å². The van der Waals surface area contributed by atoms with Crippen molar-refractivity contribution in [1.82, 2.24) is 5.32 Å². The molecule has 0 bridgehead atoms. The van der Waals surface area contributed by atoms with Crippen LogP contribution in [-0.4, -0.2) is 30.0 Å². The molecule has 5 rings (SSSR count).